The van der Waals surface area contributed by atoms with Crippen LogP contribution in [0.2, 0.25) is 0 Å². The molecule has 0 heterocycles. The molecule has 9 nitrogen and oxygen atoms in total. The lowest BCUT2D eigenvalue weighted by molar-refractivity contribution is 0.00107. The Kier molecular flexibility index (Phi) is 10.8. The lowest BCUT2D eigenvalue weighted by atomic mass is 9.98. The van der Waals surface area contributed by atoms with Crippen molar-refractivity contribution < 1.29 is 33.7 Å². The molecule has 224 valence electrons. The molecular weight excluding hydrogens is 524 g/mol. The molecule has 9 heteroatoms. The zero-order chi connectivity index (χ0) is 30.2. The first-order valence-corrected chi connectivity index (χ1v) is 14.2. The van der Waals surface area contributed by atoms with Crippen LogP contribution in [0.5, 0.6) is 0 Å². The number of aliphatic hydroxyl groups excluding tert-OH is 1. The molecule has 0 spiro atoms. The summed E-state index contributed by atoms with van der Waals surface area (Å²) in [5.74, 6) is -0.230. The number of hydrogen-bond donors (Lipinski definition) is 2. The molecule has 0 bridgehead atoms. The predicted octanol–water partition coefficient (Wildman–Crippen LogP) is 6.48. The van der Waals surface area contributed by atoms with Crippen molar-refractivity contribution in [3.63, 3.8) is 0 Å². The van der Waals surface area contributed by atoms with E-state index in [1.807, 2.05) is 24.3 Å². The number of alkyl carbamates (subject to hydrolysis) is 1. The second kappa shape index (κ2) is 13.9. The van der Waals surface area contributed by atoms with Gasteiger partial charge in [0.1, 0.15) is 17.8 Å². The smallest absolute Gasteiger partial charge is 0.419 e. The highest BCUT2D eigenvalue weighted by atomic mass is 16.6. The average molecular weight is 569 g/mol. The maximum absolute atomic E-state index is 12.6. The van der Waals surface area contributed by atoms with Crippen molar-refractivity contribution in [3.05, 3.63) is 59.7 Å². The van der Waals surface area contributed by atoms with Gasteiger partial charge in [0, 0.05) is 25.6 Å². The van der Waals surface area contributed by atoms with E-state index in [0.717, 1.165) is 27.2 Å². The van der Waals surface area contributed by atoms with Crippen molar-refractivity contribution in [2.24, 2.45) is 5.92 Å². The monoisotopic (exact) mass is 568 g/mol. The zero-order valence-corrected chi connectivity index (χ0v) is 25.1. The van der Waals surface area contributed by atoms with Gasteiger partial charge in [-0.25, -0.2) is 19.3 Å². The van der Waals surface area contributed by atoms with E-state index in [0.29, 0.717) is 19.3 Å². The summed E-state index contributed by atoms with van der Waals surface area (Å²) >= 11 is 0. The number of ether oxygens (including phenoxy) is 3. The van der Waals surface area contributed by atoms with Crippen molar-refractivity contribution >= 4 is 18.3 Å². The Balaban J connectivity index is 1.45. The minimum atomic E-state index is -0.762. The number of carbonyl (C=O) groups excluding carboxylic acids is 3. The molecule has 2 aromatic rings. The van der Waals surface area contributed by atoms with E-state index in [4.69, 9.17) is 14.2 Å². The topological polar surface area (TPSA) is 114 Å². The Morgan fingerprint density at radius 1 is 0.854 bits per heavy atom. The summed E-state index contributed by atoms with van der Waals surface area (Å²) in [5.41, 5.74) is 3.08. The summed E-state index contributed by atoms with van der Waals surface area (Å²) in [7, 11) is 0. The molecule has 41 heavy (non-hydrogen) atoms. The minimum absolute atomic E-state index is 0.0281. The van der Waals surface area contributed by atoms with E-state index in [-0.39, 0.29) is 38.1 Å². The highest BCUT2D eigenvalue weighted by Gasteiger charge is 2.31. The third kappa shape index (κ3) is 9.49. The lowest BCUT2D eigenvalue weighted by Crippen LogP contribution is -2.44. The van der Waals surface area contributed by atoms with Crippen LogP contribution in [0.15, 0.2) is 48.5 Å². The van der Waals surface area contributed by atoms with Crippen molar-refractivity contribution in [1.29, 1.82) is 0 Å². The van der Waals surface area contributed by atoms with E-state index in [2.05, 4.69) is 29.6 Å². The molecule has 0 aromatic heterocycles. The van der Waals surface area contributed by atoms with Gasteiger partial charge in [0.25, 0.3) is 0 Å². The molecule has 1 atom stereocenters. The van der Waals surface area contributed by atoms with Crippen LogP contribution in [-0.2, 0) is 14.2 Å². The molecule has 0 fully saturated rings. The normalized spacial score (nSPS) is 13.5. The van der Waals surface area contributed by atoms with Gasteiger partial charge in [-0.15, -0.1) is 0 Å². The number of carbonyl (C=O) groups is 3. The van der Waals surface area contributed by atoms with Gasteiger partial charge in [-0.1, -0.05) is 55.0 Å². The van der Waals surface area contributed by atoms with Gasteiger partial charge >= 0.3 is 18.3 Å². The molecule has 2 N–H and O–H groups in total. The van der Waals surface area contributed by atoms with Crippen LogP contribution in [0.4, 0.5) is 14.4 Å². The molecule has 0 unspecified atom stereocenters. The predicted molar refractivity (Wildman–Crippen MR) is 157 cm³/mol. The van der Waals surface area contributed by atoms with Crippen molar-refractivity contribution in [2.75, 3.05) is 26.3 Å². The molecule has 0 aliphatic heterocycles. The number of imide groups is 1. The van der Waals surface area contributed by atoms with Gasteiger partial charge in [0.2, 0.25) is 0 Å². The number of aliphatic hydroxyl groups is 1. The van der Waals surface area contributed by atoms with Crippen LogP contribution in [0, 0.1) is 5.92 Å². The third-order valence-corrected chi connectivity index (χ3v) is 6.61. The Bertz CT molecular complexity index is 1130. The quantitative estimate of drug-likeness (QED) is 0.249. The Labute approximate surface area is 243 Å². The second-order valence-corrected chi connectivity index (χ2v) is 12.4. The van der Waals surface area contributed by atoms with Crippen LogP contribution >= 0.6 is 0 Å². The average Bonchev–Trinajstić information content (AvgIpc) is 3.20. The van der Waals surface area contributed by atoms with E-state index in [9.17, 15) is 19.5 Å². The van der Waals surface area contributed by atoms with Crippen LogP contribution in [0.25, 0.3) is 11.1 Å². The van der Waals surface area contributed by atoms with E-state index in [1.165, 1.54) is 0 Å². The molecule has 2 aromatic carbocycles. The zero-order valence-electron chi connectivity index (χ0n) is 25.1. The van der Waals surface area contributed by atoms with Crippen LogP contribution in [-0.4, -0.2) is 65.8 Å². The summed E-state index contributed by atoms with van der Waals surface area (Å²) in [4.78, 5) is 38.8. The number of unbranched alkanes of at least 4 members (excludes halogenated alkanes) is 1. The van der Waals surface area contributed by atoms with Gasteiger partial charge in [-0.2, -0.15) is 0 Å². The molecule has 3 rings (SSSR count). The Morgan fingerprint density at radius 3 is 1.85 bits per heavy atom. The van der Waals surface area contributed by atoms with Gasteiger partial charge in [-0.3, -0.25) is 0 Å². The summed E-state index contributed by atoms with van der Waals surface area (Å²) < 4.78 is 16.3. The SMILES string of the molecule is CC(C)(C)OC(=O)N(CCCC[C@H](CO)CNC(=O)OCC1c2ccccc2-c2ccccc21)C(=O)OC(C)(C)C. The summed E-state index contributed by atoms with van der Waals surface area (Å²) in [6.45, 7) is 10.8. The Hall–Kier alpha value is -3.59. The number of nitrogens with zero attached hydrogens (tertiary/aromatic N) is 1. The molecule has 0 saturated carbocycles. The Morgan fingerprint density at radius 2 is 1.37 bits per heavy atom. The van der Waals surface area contributed by atoms with Gasteiger partial charge in [0.15, 0.2) is 0 Å². The van der Waals surface area contributed by atoms with Crippen molar-refractivity contribution in [2.45, 2.75) is 77.9 Å². The number of amides is 3. The first kappa shape index (κ1) is 31.9. The third-order valence-electron chi connectivity index (χ3n) is 6.61. The van der Waals surface area contributed by atoms with E-state index >= 15 is 0 Å². The summed E-state index contributed by atoms with van der Waals surface area (Å²) in [5, 5.41) is 12.6. The number of hydrogen-bond acceptors (Lipinski definition) is 7. The van der Waals surface area contributed by atoms with E-state index < -0.39 is 29.5 Å². The van der Waals surface area contributed by atoms with Crippen LogP contribution in [0.3, 0.4) is 0 Å². The number of rotatable bonds is 10. The molecular formula is C32H44N2O7. The maximum atomic E-state index is 12.6. The van der Waals surface area contributed by atoms with Crippen LogP contribution in [0.1, 0.15) is 77.8 Å². The number of nitrogens with one attached hydrogen (secondary N) is 1. The molecule has 0 radical (unpaired) electrons. The molecule has 0 saturated heterocycles. The van der Waals surface area contributed by atoms with E-state index in [1.54, 1.807) is 41.5 Å². The fourth-order valence-corrected chi connectivity index (χ4v) is 4.73. The first-order valence-electron chi connectivity index (χ1n) is 14.2. The van der Waals surface area contributed by atoms with Gasteiger partial charge in [-0.05, 0) is 82.6 Å². The lowest BCUT2D eigenvalue weighted by Gasteiger charge is -2.28. The fourth-order valence-electron chi connectivity index (χ4n) is 4.73. The van der Waals surface area contributed by atoms with Crippen molar-refractivity contribution in [1.82, 2.24) is 10.2 Å². The highest BCUT2D eigenvalue weighted by molar-refractivity contribution is 5.88. The van der Waals surface area contributed by atoms with Crippen LogP contribution < -0.4 is 5.32 Å². The highest BCUT2D eigenvalue weighted by Crippen LogP contribution is 2.44. The largest absolute Gasteiger partial charge is 0.449 e. The molecule has 3 amide bonds. The van der Waals surface area contributed by atoms with Gasteiger partial charge in [0.05, 0.1) is 0 Å². The van der Waals surface area contributed by atoms with Gasteiger partial charge < -0.3 is 24.6 Å². The minimum Gasteiger partial charge on any atom is -0.449 e. The fraction of sp³-hybridized carbons (Fsp3) is 0.531. The molecule has 1 aliphatic rings. The first-order chi connectivity index (χ1) is 19.3. The van der Waals surface area contributed by atoms with Crippen molar-refractivity contribution in [3.8, 4) is 11.1 Å². The summed E-state index contributed by atoms with van der Waals surface area (Å²) in [6, 6.07) is 16.3. The molecule has 1 aliphatic carbocycles. The summed E-state index contributed by atoms with van der Waals surface area (Å²) in [6.07, 6.45) is -0.382. The number of benzene rings is 2. The maximum Gasteiger partial charge on any atom is 0.419 e. The standard InChI is InChI=1S/C32H44N2O7/c1-31(2,3)40-29(37)34(30(38)41-32(4,5)6)18-12-11-13-22(20-35)19-33-28(36)39-21-27-25-16-9-7-14-23(25)24-15-8-10-17-26(24)27/h7-10,14-17,22,27,35H,11-13,18-21H2,1-6H3,(H,33,36)/t22-/m0/s1. The second-order valence-electron chi connectivity index (χ2n) is 12.4. The number of fused-ring (bicyclic) bond motifs is 3.